The number of hydrogen-bond donors (Lipinski definition) is 1. The standard InChI is InChI=1S/C27H21Cl4N5O2S/c28-17-7-9-19(21(30)12-17)26(38)32-14-24-33-34-27(36(24)18-8-10-20(29)22(31)13-18)39-15-25(37)35-11-3-5-16-4-1-2-6-23(16)35/h1-2,4,6-10,12-13H,3,5,11,14-15H2,(H,32,38). The summed E-state index contributed by atoms with van der Waals surface area (Å²) in [6.45, 7) is 0.708. The van der Waals surface area contributed by atoms with E-state index in [-0.39, 0.29) is 28.8 Å². The van der Waals surface area contributed by atoms with Gasteiger partial charge in [0.2, 0.25) is 5.91 Å². The molecule has 0 saturated heterocycles. The summed E-state index contributed by atoms with van der Waals surface area (Å²) in [5.74, 6) is 0.169. The highest BCUT2D eigenvalue weighted by Crippen LogP contribution is 2.31. The van der Waals surface area contributed by atoms with Crippen molar-refractivity contribution in [1.82, 2.24) is 20.1 Å². The number of thioether (sulfide) groups is 1. The van der Waals surface area contributed by atoms with E-state index in [1.54, 1.807) is 34.9 Å². The van der Waals surface area contributed by atoms with E-state index in [9.17, 15) is 9.59 Å². The third-order valence-electron chi connectivity index (χ3n) is 6.18. The number of benzene rings is 3. The van der Waals surface area contributed by atoms with Crippen LogP contribution in [0.4, 0.5) is 5.69 Å². The van der Waals surface area contributed by atoms with Crippen molar-refractivity contribution >= 4 is 75.7 Å². The summed E-state index contributed by atoms with van der Waals surface area (Å²) in [5.41, 5.74) is 3.04. The lowest BCUT2D eigenvalue weighted by atomic mass is 10.0. The zero-order valence-corrected chi connectivity index (χ0v) is 24.2. The highest BCUT2D eigenvalue weighted by atomic mass is 35.5. The van der Waals surface area contributed by atoms with Crippen LogP contribution in [0.3, 0.4) is 0 Å². The molecule has 4 aromatic rings. The Morgan fingerprint density at radius 3 is 2.54 bits per heavy atom. The molecule has 0 saturated carbocycles. The molecule has 0 aliphatic carbocycles. The fourth-order valence-electron chi connectivity index (χ4n) is 4.32. The third kappa shape index (κ3) is 6.21. The van der Waals surface area contributed by atoms with Gasteiger partial charge in [-0.1, -0.05) is 76.4 Å². The first-order chi connectivity index (χ1) is 18.8. The first kappa shape index (κ1) is 27.8. The van der Waals surface area contributed by atoms with Crippen LogP contribution in [0.5, 0.6) is 0 Å². The molecule has 1 aliphatic heterocycles. The molecule has 39 heavy (non-hydrogen) atoms. The predicted octanol–water partition coefficient (Wildman–Crippen LogP) is 6.88. The number of hydrogen-bond acceptors (Lipinski definition) is 5. The average molecular weight is 621 g/mol. The molecule has 200 valence electrons. The summed E-state index contributed by atoms with van der Waals surface area (Å²) in [6, 6.07) is 17.7. The SMILES string of the molecule is O=C(NCc1nnc(SCC(=O)N2CCCc3ccccc32)n1-c1ccc(Cl)c(Cl)c1)c1ccc(Cl)cc1Cl. The van der Waals surface area contributed by atoms with Crippen LogP contribution in [0, 0.1) is 0 Å². The Kier molecular flexibility index (Phi) is 8.69. The van der Waals surface area contributed by atoms with Crippen LogP contribution in [-0.4, -0.2) is 38.9 Å². The number of carbonyl (C=O) groups is 2. The number of aromatic nitrogens is 3. The molecule has 7 nitrogen and oxygen atoms in total. The summed E-state index contributed by atoms with van der Waals surface area (Å²) >= 11 is 25.8. The number of amides is 2. The highest BCUT2D eigenvalue weighted by molar-refractivity contribution is 7.99. The topological polar surface area (TPSA) is 80.1 Å². The first-order valence-electron chi connectivity index (χ1n) is 12.0. The minimum Gasteiger partial charge on any atom is -0.345 e. The number of rotatable bonds is 7. The maximum absolute atomic E-state index is 13.2. The van der Waals surface area contributed by atoms with Crippen molar-refractivity contribution in [2.24, 2.45) is 0 Å². The van der Waals surface area contributed by atoms with E-state index in [2.05, 4.69) is 21.6 Å². The molecular weight excluding hydrogens is 600 g/mol. The summed E-state index contributed by atoms with van der Waals surface area (Å²) in [7, 11) is 0. The van der Waals surface area contributed by atoms with E-state index in [4.69, 9.17) is 46.4 Å². The van der Waals surface area contributed by atoms with Crippen LogP contribution in [0.1, 0.15) is 28.2 Å². The molecular formula is C27H21Cl4N5O2S. The predicted molar refractivity (Wildman–Crippen MR) is 157 cm³/mol. The van der Waals surface area contributed by atoms with Crippen LogP contribution in [-0.2, 0) is 17.8 Å². The van der Waals surface area contributed by atoms with Crippen molar-refractivity contribution in [2.45, 2.75) is 24.5 Å². The molecule has 1 aliphatic rings. The monoisotopic (exact) mass is 619 g/mol. The Labute approximate surface area is 249 Å². The minimum atomic E-state index is -0.395. The van der Waals surface area contributed by atoms with E-state index in [1.165, 1.54) is 23.4 Å². The van der Waals surface area contributed by atoms with Crippen LogP contribution < -0.4 is 10.2 Å². The van der Waals surface area contributed by atoms with Gasteiger partial charge < -0.3 is 10.2 Å². The van der Waals surface area contributed by atoms with Gasteiger partial charge in [-0.2, -0.15) is 0 Å². The summed E-state index contributed by atoms with van der Waals surface area (Å²) in [6.07, 6.45) is 1.86. The third-order valence-corrected chi connectivity index (χ3v) is 8.38. The van der Waals surface area contributed by atoms with Crippen molar-refractivity contribution in [1.29, 1.82) is 0 Å². The van der Waals surface area contributed by atoms with Crippen LogP contribution >= 0.6 is 58.2 Å². The molecule has 0 atom stereocenters. The largest absolute Gasteiger partial charge is 0.345 e. The second-order valence-corrected chi connectivity index (χ2v) is 11.3. The number of carbonyl (C=O) groups excluding carboxylic acids is 2. The van der Waals surface area contributed by atoms with Crippen LogP contribution in [0.15, 0.2) is 65.8 Å². The maximum Gasteiger partial charge on any atom is 0.253 e. The number of halogens is 4. The molecule has 0 radical (unpaired) electrons. The highest BCUT2D eigenvalue weighted by Gasteiger charge is 2.24. The number of aryl methyl sites for hydroxylation is 1. The lowest BCUT2D eigenvalue weighted by molar-refractivity contribution is -0.116. The Bertz CT molecular complexity index is 1560. The molecule has 1 N–H and O–H groups in total. The summed E-state index contributed by atoms with van der Waals surface area (Å²) < 4.78 is 1.74. The molecule has 1 aromatic heterocycles. The van der Waals surface area contributed by atoms with Crippen molar-refractivity contribution in [3.05, 3.63) is 97.7 Å². The lowest BCUT2D eigenvalue weighted by Crippen LogP contribution is -2.36. The zero-order valence-electron chi connectivity index (χ0n) is 20.3. The Balaban J connectivity index is 1.38. The molecule has 5 rings (SSSR count). The van der Waals surface area contributed by atoms with Gasteiger partial charge in [-0.3, -0.25) is 14.2 Å². The minimum absolute atomic E-state index is 0.0249. The number of nitrogens with one attached hydrogen (secondary N) is 1. The van der Waals surface area contributed by atoms with Crippen LogP contribution in [0.25, 0.3) is 5.69 Å². The number of nitrogens with zero attached hydrogens (tertiary/aromatic N) is 4. The number of anilines is 1. The second kappa shape index (κ2) is 12.2. The van der Waals surface area contributed by atoms with Crippen molar-refractivity contribution in [2.75, 3.05) is 17.2 Å². The number of fused-ring (bicyclic) bond motifs is 1. The average Bonchev–Trinajstić information content (AvgIpc) is 3.34. The van der Waals surface area contributed by atoms with E-state index < -0.39 is 5.91 Å². The van der Waals surface area contributed by atoms with Gasteiger partial charge in [0.25, 0.3) is 5.91 Å². The van der Waals surface area contributed by atoms with Gasteiger partial charge in [0, 0.05) is 17.3 Å². The van der Waals surface area contributed by atoms with Gasteiger partial charge in [0.05, 0.1) is 38.6 Å². The summed E-state index contributed by atoms with van der Waals surface area (Å²) in [5, 5.41) is 13.3. The van der Waals surface area contributed by atoms with E-state index in [0.29, 0.717) is 38.3 Å². The lowest BCUT2D eigenvalue weighted by Gasteiger charge is -2.29. The van der Waals surface area contributed by atoms with E-state index in [0.717, 1.165) is 18.5 Å². The molecule has 0 unspecified atom stereocenters. The van der Waals surface area contributed by atoms with Gasteiger partial charge in [0.15, 0.2) is 11.0 Å². The van der Waals surface area contributed by atoms with Crippen LogP contribution in [0.2, 0.25) is 20.1 Å². The molecule has 2 amide bonds. The first-order valence-corrected chi connectivity index (χ1v) is 14.5. The van der Waals surface area contributed by atoms with Gasteiger partial charge in [-0.15, -0.1) is 10.2 Å². The molecule has 0 fully saturated rings. The fourth-order valence-corrected chi connectivity index (χ4v) is 5.95. The van der Waals surface area contributed by atoms with E-state index in [1.807, 2.05) is 23.1 Å². The molecule has 0 bridgehead atoms. The van der Waals surface area contributed by atoms with E-state index >= 15 is 0 Å². The molecule has 2 heterocycles. The Morgan fingerprint density at radius 1 is 0.923 bits per heavy atom. The van der Waals surface area contributed by atoms with Gasteiger partial charge >= 0.3 is 0 Å². The van der Waals surface area contributed by atoms with Gasteiger partial charge in [0.1, 0.15) is 0 Å². The zero-order chi connectivity index (χ0) is 27.5. The molecule has 12 heteroatoms. The van der Waals surface area contributed by atoms with Crippen molar-refractivity contribution in [3.63, 3.8) is 0 Å². The normalized spacial score (nSPS) is 12.8. The van der Waals surface area contributed by atoms with Gasteiger partial charge in [-0.05, 0) is 60.9 Å². The number of para-hydroxylation sites is 1. The fraction of sp³-hybridized carbons (Fsp3) is 0.185. The molecule has 3 aromatic carbocycles. The quantitative estimate of drug-likeness (QED) is 0.228. The van der Waals surface area contributed by atoms with Crippen molar-refractivity contribution in [3.8, 4) is 5.69 Å². The molecule has 0 spiro atoms. The smallest absolute Gasteiger partial charge is 0.253 e. The Morgan fingerprint density at radius 2 is 1.74 bits per heavy atom. The van der Waals surface area contributed by atoms with Crippen molar-refractivity contribution < 1.29 is 9.59 Å². The maximum atomic E-state index is 13.2. The summed E-state index contributed by atoms with van der Waals surface area (Å²) in [4.78, 5) is 27.9. The Hall–Kier alpha value is -2.75. The van der Waals surface area contributed by atoms with Gasteiger partial charge in [-0.25, -0.2) is 0 Å². The second-order valence-electron chi connectivity index (χ2n) is 8.71.